The van der Waals surface area contributed by atoms with Crippen molar-refractivity contribution in [3.8, 4) is 5.75 Å². The van der Waals surface area contributed by atoms with Crippen LogP contribution in [0.4, 0.5) is 11.4 Å². The number of ether oxygens (including phenoxy) is 1. The average Bonchev–Trinajstić information content (AvgIpc) is 2.81. The second-order valence-corrected chi connectivity index (χ2v) is 8.71. The molecule has 0 radical (unpaired) electrons. The van der Waals surface area contributed by atoms with Crippen LogP contribution in [0.15, 0.2) is 71.2 Å². The summed E-state index contributed by atoms with van der Waals surface area (Å²) in [6.07, 6.45) is 4.58. The molecule has 0 unspecified atom stereocenters. The number of unbranched alkanes of at least 4 members (excludes halogenated alkanes) is 3. The molecule has 0 heterocycles. The van der Waals surface area contributed by atoms with Gasteiger partial charge in [0, 0.05) is 22.5 Å². The summed E-state index contributed by atoms with van der Waals surface area (Å²) in [5.41, 5.74) is 3.37. The lowest BCUT2D eigenvalue weighted by Crippen LogP contribution is -2.14. The molecule has 0 aliphatic carbocycles. The molecule has 33 heavy (non-hydrogen) atoms. The summed E-state index contributed by atoms with van der Waals surface area (Å²) in [6.45, 7) is 4.75. The highest BCUT2D eigenvalue weighted by Gasteiger charge is 2.11. The number of nitrogens with one attached hydrogen (secondary N) is 2. The Hall–Kier alpha value is -3.12. The largest absolute Gasteiger partial charge is 0.492 e. The van der Waals surface area contributed by atoms with E-state index < -0.39 is 0 Å². The molecule has 2 amide bonds. The molecule has 0 aliphatic rings. The van der Waals surface area contributed by atoms with Crippen LogP contribution in [0.3, 0.4) is 0 Å². The van der Waals surface area contributed by atoms with E-state index in [0.717, 1.165) is 28.6 Å². The SMILES string of the molecule is CCCCCCOc1ccc(C(=O)Nc2ccc(NC(=O)c3ccccc3C)cc2)cc1Br. The van der Waals surface area contributed by atoms with Crippen LogP contribution in [0.25, 0.3) is 0 Å². The minimum absolute atomic E-state index is 0.164. The average molecular weight is 509 g/mol. The molecule has 6 heteroatoms. The summed E-state index contributed by atoms with van der Waals surface area (Å²) in [5.74, 6) is 0.348. The molecule has 0 fully saturated rings. The Bertz CT molecular complexity index is 1100. The zero-order valence-corrected chi connectivity index (χ0v) is 20.6. The Morgan fingerprint density at radius 3 is 2.15 bits per heavy atom. The van der Waals surface area contributed by atoms with Crippen molar-refractivity contribution in [2.24, 2.45) is 0 Å². The lowest BCUT2D eigenvalue weighted by Gasteiger charge is -2.11. The first-order valence-electron chi connectivity index (χ1n) is 11.2. The van der Waals surface area contributed by atoms with E-state index in [4.69, 9.17) is 4.74 Å². The third-order valence-corrected chi connectivity index (χ3v) is 5.86. The van der Waals surface area contributed by atoms with E-state index in [2.05, 4.69) is 33.5 Å². The van der Waals surface area contributed by atoms with Gasteiger partial charge in [-0.05, 0) is 83.4 Å². The highest BCUT2D eigenvalue weighted by molar-refractivity contribution is 9.10. The predicted molar refractivity (Wildman–Crippen MR) is 137 cm³/mol. The Balaban J connectivity index is 1.55. The maximum Gasteiger partial charge on any atom is 0.255 e. The number of hydrogen-bond donors (Lipinski definition) is 2. The number of rotatable bonds is 10. The zero-order chi connectivity index (χ0) is 23.6. The molecular weight excluding hydrogens is 480 g/mol. The van der Waals surface area contributed by atoms with E-state index in [1.165, 1.54) is 12.8 Å². The van der Waals surface area contributed by atoms with Crippen molar-refractivity contribution in [2.75, 3.05) is 17.2 Å². The van der Waals surface area contributed by atoms with Gasteiger partial charge in [-0.2, -0.15) is 0 Å². The van der Waals surface area contributed by atoms with E-state index in [0.29, 0.717) is 29.1 Å². The van der Waals surface area contributed by atoms with Gasteiger partial charge in [0.25, 0.3) is 11.8 Å². The van der Waals surface area contributed by atoms with Gasteiger partial charge in [0.1, 0.15) is 5.75 Å². The van der Waals surface area contributed by atoms with Crippen molar-refractivity contribution >= 4 is 39.1 Å². The number of carbonyl (C=O) groups is 2. The van der Waals surface area contributed by atoms with Gasteiger partial charge in [-0.3, -0.25) is 9.59 Å². The van der Waals surface area contributed by atoms with Gasteiger partial charge in [-0.25, -0.2) is 0 Å². The van der Waals surface area contributed by atoms with Gasteiger partial charge >= 0.3 is 0 Å². The fourth-order valence-electron chi connectivity index (χ4n) is 3.34. The summed E-state index contributed by atoms with van der Waals surface area (Å²) in [7, 11) is 0. The topological polar surface area (TPSA) is 67.4 Å². The van der Waals surface area contributed by atoms with Crippen LogP contribution in [-0.4, -0.2) is 18.4 Å². The molecule has 0 saturated carbocycles. The third kappa shape index (κ3) is 7.19. The minimum atomic E-state index is -0.220. The fraction of sp³-hybridized carbons (Fsp3) is 0.259. The van der Waals surface area contributed by atoms with Crippen molar-refractivity contribution in [3.05, 3.63) is 87.9 Å². The smallest absolute Gasteiger partial charge is 0.255 e. The fourth-order valence-corrected chi connectivity index (χ4v) is 3.83. The van der Waals surface area contributed by atoms with Gasteiger partial charge in [0.2, 0.25) is 0 Å². The molecule has 0 bridgehead atoms. The molecule has 3 rings (SSSR count). The van der Waals surface area contributed by atoms with Crippen LogP contribution >= 0.6 is 15.9 Å². The Morgan fingerprint density at radius 1 is 0.848 bits per heavy atom. The first-order valence-corrected chi connectivity index (χ1v) is 12.0. The first-order chi connectivity index (χ1) is 16.0. The summed E-state index contributed by atoms with van der Waals surface area (Å²) in [6, 6.07) is 19.8. The zero-order valence-electron chi connectivity index (χ0n) is 19.0. The van der Waals surface area contributed by atoms with Crippen LogP contribution in [0.1, 0.15) is 58.9 Å². The number of carbonyl (C=O) groups excluding carboxylic acids is 2. The second kappa shape index (κ2) is 12.2. The molecule has 0 aromatic heterocycles. The maximum atomic E-state index is 12.7. The van der Waals surface area contributed by atoms with Gasteiger partial charge < -0.3 is 15.4 Å². The van der Waals surface area contributed by atoms with E-state index in [1.54, 1.807) is 42.5 Å². The van der Waals surface area contributed by atoms with Gasteiger partial charge in [0.05, 0.1) is 11.1 Å². The molecule has 0 aliphatic heterocycles. The normalized spacial score (nSPS) is 10.5. The highest BCUT2D eigenvalue weighted by atomic mass is 79.9. The van der Waals surface area contributed by atoms with Gasteiger partial charge in [0.15, 0.2) is 0 Å². The van der Waals surface area contributed by atoms with E-state index in [1.807, 2.05) is 31.2 Å². The number of anilines is 2. The van der Waals surface area contributed by atoms with E-state index in [9.17, 15) is 9.59 Å². The molecule has 5 nitrogen and oxygen atoms in total. The van der Waals surface area contributed by atoms with Crippen molar-refractivity contribution in [1.82, 2.24) is 0 Å². The van der Waals surface area contributed by atoms with Crippen LogP contribution in [-0.2, 0) is 0 Å². The quantitative estimate of drug-likeness (QED) is 0.284. The number of halogens is 1. The van der Waals surface area contributed by atoms with Gasteiger partial charge in [-0.15, -0.1) is 0 Å². The Morgan fingerprint density at radius 2 is 1.52 bits per heavy atom. The molecular formula is C27H29BrN2O3. The molecule has 0 atom stereocenters. The molecule has 172 valence electrons. The van der Waals surface area contributed by atoms with Crippen LogP contribution in [0.2, 0.25) is 0 Å². The molecule has 0 spiro atoms. The summed E-state index contributed by atoms with van der Waals surface area (Å²) < 4.78 is 6.56. The number of aryl methyl sites for hydroxylation is 1. The molecule has 3 aromatic rings. The van der Waals surface area contributed by atoms with E-state index >= 15 is 0 Å². The molecule has 3 aromatic carbocycles. The van der Waals surface area contributed by atoms with Crippen molar-refractivity contribution < 1.29 is 14.3 Å². The highest BCUT2D eigenvalue weighted by Crippen LogP contribution is 2.27. The Kier molecular flexibility index (Phi) is 9.07. The second-order valence-electron chi connectivity index (χ2n) is 7.85. The Labute approximate surface area is 203 Å². The van der Waals surface area contributed by atoms with Crippen LogP contribution in [0, 0.1) is 6.92 Å². The number of benzene rings is 3. The molecule has 0 saturated heterocycles. The summed E-state index contributed by atoms with van der Waals surface area (Å²) in [5, 5.41) is 5.76. The standard InChI is InChI=1S/C27H29BrN2O3/c1-3-4-5-8-17-33-25-16-11-20(18-24(25)28)26(31)29-21-12-14-22(15-13-21)30-27(32)23-10-7-6-9-19(23)2/h6-7,9-16,18H,3-5,8,17H2,1-2H3,(H,29,31)(H,30,32). The predicted octanol–water partition coefficient (Wildman–Crippen LogP) is 7.22. The maximum absolute atomic E-state index is 12.7. The third-order valence-electron chi connectivity index (χ3n) is 5.24. The van der Waals surface area contributed by atoms with Crippen molar-refractivity contribution in [2.45, 2.75) is 39.5 Å². The summed E-state index contributed by atoms with van der Waals surface area (Å²) >= 11 is 3.50. The lowest BCUT2D eigenvalue weighted by atomic mass is 10.1. The minimum Gasteiger partial charge on any atom is -0.492 e. The first kappa shape index (κ1) is 24.5. The lowest BCUT2D eigenvalue weighted by molar-refractivity contribution is 0.101. The van der Waals surface area contributed by atoms with Gasteiger partial charge in [-0.1, -0.05) is 44.4 Å². The molecule has 2 N–H and O–H groups in total. The van der Waals surface area contributed by atoms with Crippen molar-refractivity contribution in [1.29, 1.82) is 0 Å². The monoisotopic (exact) mass is 508 g/mol. The van der Waals surface area contributed by atoms with Crippen LogP contribution < -0.4 is 15.4 Å². The van der Waals surface area contributed by atoms with E-state index in [-0.39, 0.29) is 11.8 Å². The van der Waals surface area contributed by atoms with Crippen LogP contribution in [0.5, 0.6) is 5.75 Å². The number of hydrogen-bond acceptors (Lipinski definition) is 3. The number of amides is 2. The summed E-state index contributed by atoms with van der Waals surface area (Å²) in [4.78, 5) is 25.1. The van der Waals surface area contributed by atoms with Crippen molar-refractivity contribution in [3.63, 3.8) is 0 Å².